The second kappa shape index (κ2) is 5.56. The Balaban J connectivity index is 4.18. The molecule has 0 fully saturated rings. The Labute approximate surface area is 81.4 Å². The number of rotatable bonds is 5. The van der Waals surface area contributed by atoms with E-state index in [0.29, 0.717) is 0 Å². The molecule has 0 rings (SSSR count). The van der Waals surface area contributed by atoms with Crippen LogP contribution in [0.5, 0.6) is 0 Å². The lowest BCUT2D eigenvalue weighted by molar-refractivity contribution is -0.214. The van der Waals surface area contributed by atoms with Crippen LogP contribution in [0.1, 0.15) is 20.3 Å². The first-order valence-corrected chi connectivity index (χ1v) is 4.21. The van der Waals surface area contributed by atoms with Crippen molar-refractivity contribution >= 4 is 11.9 Å². The van der Waals surface area contributed by atoms with E-state index < -0.39 is 24.1 Å². The Bertz CT molecular complexity index is 210. The summed E-state index contributed by atoms with van der Waals surface area (Å²) >= 11 is 0. The van der Waals surface area contributed by atoms with Crippen LogP contribution in [0.25, 0.3) is 0 Å². The summed E-state index contributed by atoms with van der Waals surface area (Å²) in [4.78, 5) is 21.7. The number of carbonyl (C=O) groups excluding carboxylic acids is 2. The van der Waals surface area contributed by atoms with Gasteiger partial charge in [0.15, 0.2) is 0 Å². The van der Waals surface area contributed by atoms with Gasteiger partial charge in [0, 0.05) is 0 Å². The zero-order valence-corrected chi connectivity index (χ0v) is 8.15. The summed E-state index contributed by atoms with van der Waals surface area (Å²) in [5, 5.41) is 18.2. The van der Waals surface area contributed by atoms with E-state index in [9.17, 15) is 9.59 Å². The molecule has 0 amide bonds. The molecular formula is C8H14O6. The van der Waals surface area contributed by atoms with Crippen LogP contribution in [0.4, 0.5) is 0 Å². The number of hydrogen-bond donors (Lipinski definition) is 2. The highest BCUT2D eigenvalue weighted by molar-refractivity contribution is 5.83. The lowest BCUT2D eigenvalue weighted by Crippen LogP contribution is -2.42. The Morgan fingerprint density at radius 1 is 1.14 bits per heavy atom. The van der Waals surface area contributed by atoms with Gasteiger partial charge in [-0.05, 0) is 13.8 Å². The highest BCUT2D eigenvalue weighted by Crippen LogP contribution is 2.09. The molecule has 0 spiro atoms. The average Bonchev–Trinajstić information content (AvgIpc) is 2.03. The molecule has 0 aliphatic rings. The molecule has 6 nitrogen and oxygen atoms in total. The van der Waals surface area contributed by atoms with Gasteiger partial charge in [0.1, 0.15) is 6.42 Å². The minimum absolute atomic E-state index is 0.00449. The number of aliphatic hydroxyl groups is 2. The molecule has 0 aromatic carbocycles. The Morgan fingerprint density at radius 3 is 2.07 bits per heavy atom. The van der Waals surface area contributed by atoms with E-state index in [0.717, 1.165) is 0 Å². The summed E-state index contributed by atoms with van der Waals surface area (Å²) in [5.41, 5.74) is 0. The van der Waals surface area contributed by atoms with Gasteiger partial charge in [-0.3, -0.25) is 4.79 Å². The van der Waals surface area contributed by atoms with Crippen LogP contribution in [0.15, 0.2) is 0 Å². The van der Waals surface area contributed by atoms with E-state index in [1.807, 2.05) is 0 Å². The van der Waals surface area contributed by atoms with Crippen molar-refractivity contribution in [3.63, 3.8) is 0 Å². The summed E-state index contributed by atoms with van der Waals surface area (Å²) in [7, 11) is 0. The van der Waals surface area contributed by atoms with Gasteiger partial charge < -0.3 is 19.7 Å². The summed E-state index contributed by atoms with van der Waals surface area (Å²) in [6.45, 7) is 3.19. The molecule has 0 saturated carbocycles. The van der Waals surface area contributed by atoms with Crippen molar-refractivity contribution in [3.8, 4) is 0 Å². The molecule has 0 bridgehead atoms. The molecule has 0 aliphatic heterocycles. The maximum atomic E-state index is 10.9. The normalized spacial score (nSPS) is 10.9. The van der Waals surface area contributed by atoms with Gasteiger partial charge in [-0.1, -0.05) is 0 Å². The summed E-state index contributed by atoms with van der Waals surface area (Å²) < 4.78 is 8.78. The van der Waals surface area contributed by atoms with E-state index in [1.54, 1.807) is 6.92 Å². The number of ether oxygens (including phenoxy) is 2. The molecule has 0 atom stereocenters. The fraction of sp³-hybridized carbons (Fsp3) is 0.750. The minimum Gasteiger partial charge on any atom is -0.466 e. The van der Waals surface area contributed by atoms with Gasteiger partial charge in [0.25, 0.3) is 5.79 Å². The fourth-order valence-corrected chi connectivity index (χ4v) is 0.732. The first-order chi connectivity index (χ1) is 6.44. The van der Waals surface area contributed by atoms with E-state index in [1.165, 1.54) is 6.92 Å². The van der Waals surface area contributed by atoms with Gasteiger partial charge in [0.2, 0.25) is 0 Å². The third-order valence-corrected chi connectivity index (χ3v) is 1.30. The van der Waals surface area contributed by atoms with Crippen molar-refractivity contribution in [1.29, 1.82) is 0 Å². The molecule has 2 N–H and O–H groups in total. The van der Waals surface area contributed by atoms with Crippen molar-refractivity contribution in [3.05, 3.63) is 0 Å². The number of esters is 2. The molecule has 0 aromatic rings. The van der Waals surface area contributed by atoms with Crippen molar-refractivity contribution < 1.29 is 29.3 Å². The van der Waals surface area contributed by atoms with Gasteiger partial charge in [-0.15, -0.1) is 0 Å². The molecule has 0 aromatic heterocycles. The largest absolute Gasteiger partial charge is 0.466 e. The van der Waals surface area contributed by atoms with Crippen molar-refractivity contribution in [2.75, 3.05) is 13.2 Å². The standard InChI is InChI=1S/C8H14O6/c1-3-13-6(9)5-8(11,12)7(10)14-4-2/h11-12H,3-5H2,1-2H3. The molecule has 82 valence electrons. The second-order valence-electron chi connectivity index (χ2n) is 2.52. The molecular weight excluding hydrogens is 192 g/mol. The van der Waals surface area contributed by atoms with Gasteiger partial charge in [-0.2, -0.15) is 0 Å². The molecule has 0 saturated heterocycles. The van der Waals surface area contributed by atoms with E-state index in [2.05, 4.69) is 9.47 Å². The monoisotopic (exact) mass is 206 g/mol. The van der Waals surface area contributed by atoms with Crippen LogP contribution in [-0.2, 0) is 19.1 Å². The van der Waals surface area contributed by atoms with E-state index >= 15 is 0 Å². The topological polar surface area (TPSA) is 93.1 Å². The van der Waals surface area contributed by atoms with Gasteiger partial charge >= 0.3 is 11.9 Å². The average molecular weight is 206 g/mol. The quantitative estimate of drug-likeness (QED) is 0.451. The smallest absolute Gasteiger partial charge is 0.367 e. The van der Waals surface area contributed by atoms with Crippen molar-refractivity contribution in [2.24, 2.45) is 0 Å². The minimum atomic E-state index is -2.80. The summed E-state index contributed by atoms with van der Waals surface area (Å²) in [6.07, 6.45) is -0.834. The predicted molar refractivity (Wildman–Crippen MR) is 45.1 cm³/mol. The Kier molecular flexibility index (Phi) is 5.11. The highest BCUT2D eigenvalue weighted by Gasteiger charge is 2.38. The van der Waals surface area contributed by atoms with Gasteiger partial charge in [-0.25, -0.2) is 4.79 Å². The Morgan fingerprint density at radius 2 is 1.64 bits per heavy atom. The van der Waals surface area contributed by atoms with Crippen LogP contribution in [0.2, 0.25) is 0 Å². The lowest BCUT2D eigenvalue weighted by atomic mass is 10.2. The predicted octanol–water partition coefficient (Wildman–Crippen LogP) is -0.816. The zero-order chi connectivity index (χ0) is 11.2. The van der Waals surface area contributed by atoms with Crippen LogP contribution in [0.3, 0.4) is 0 Å². The first kappa shape index (κ1) is 12.9. The highest BCUT2D eigenvalue weighted by atomic mass is 16.6. The van der Waals surface area contributed by atoms with Crippen LogP contribution < -0.4 is 0 Å². The van der Waals surface area contributed by atoms with Gasteiger partial charge in [0.05, 0.1) is 13.2 Å². The summed E-state index contributed by atoms with van der Waals surface area (Å²) in [5.74, 6) is -4.93. The molecule has 0 aliphatic carbocycles. The van der Waals surface area contributed by atoms with E-state index in [4.69, 9.17) is 10.2 Å². The van der Waals surface area contributed by atoms with Crippen molar-refractivity contribution in [2.45, 2.75) is 26.1 Å². The van der Waals surface area contributed by atoms with Crippen LogP contribution >= 0.6 is 0 Å². The maximum Gasteiger partial charge on any atom is 0.367 e. The van der Waals surface area contributed by atoms with Crippen molar-refractivity contribution in [1.82, 2.24) is 0 Å². The molecule has 0 heterocycles. The van der Waals surface area contributed by atoms with Crippen LogP contribution in [0, 0.1) is 0 Å². The zero-order valence-electron chi connectivity index (χ0n) is 8.15. The lowest BCUT2D eigenvalue weighted by Gasteiger charge is -2.17. The van der Waals surface area contributed by atoms with Crippen LogP contribution in [-0.4, -0.2) is 41.2 Å². The molecule has 0 radical (unpaired) electrons. The SMILES string of the molecule is CCOC(=O)CC(O)(O)C(=O)OCC. The first-order valence-electron chi connectivity index (χ1n) is 4.21. The number of hydrogen-bond acceptors (Lipinski definition) is 6. The molecule has 0 unspecified atom stereocenters. The fourth-order valence-electron chi connectivity index (χ4n) is 0.732. The second-order valence-corrected chi connectivity index (χ2v) is 2.52. The van der Waals surface area contributed by atoms with E-state index in [-0.39, 0.29) is 13.2 Å². The third kappa shape index (κ3) is 4.20. The number of carbonyl (C=O) groups is 2. The summed E-state index contributed by atoms with van der Waals surface area (Å²) in [6, 6.07) is 0. The molecule has 14 heavy (non-hydrogen) atoms. The third-order valence-electron chi connectivity index (χ3n) is 1.30. The Hall–Kier alpha value is -1.14. The maximum absolute atomic E-state index is 10.9. The molecule has 6 heteroatoms.